The average Bonchev–Trinajstić information content (AvgIpc) is 2.79. The molecular formula is C30H20. The fourth-order valence-corrected chi connectivity index (χ4v) is 4.41. The van der Waals surface area contributed by atoms with Crippen LogP contribution >= 0.6 is 0 Å². The molecule has 0 spiro atoms. The third kappa shape index (κ3) is 2.81. The summed E-state index contributed by atoms with van der Waals surface area (Å²) >= 11 is 0. The number of fused-ring (bicyclic) bond motifs is 2. The van der Waals surface area contributed by atoms with Gasteiger partial charge in [0.1, 0.15) is 0 Å². The predicted octanol–water partition coefficient (Wildman–Crippen LogP) is 8.05. The van der Waals surface area contributed by atoms with E-state index in [4.69, 9.17) is 6.42 Å². The Balaban J connectivity index is 1.73. The first kappa shape index (κ1) is 18.0. The summed E-state index contributed by atoms with van der Waals surface area (Å²) < 4.78 is 0. The maximum atomic E-state index is 5.34. The highest BCUT2D eigenvalue weighted by atomic mass is 14.2. The Bertz CT molecular complexity index is 1500. The van der Waals surface area contributed by atoms with E-state index >= 15 is 0 Å². The van der Waals surface area contributed by atoms with E-state index in [9.17, 15) is 0 Å². The van der Waals surface area contributed by atoms with Crippen LogP contribution in [0, 0.1) is 12.3 Å². The molecule has 0 amide bonds. The van der Waals surface area contributed by atoms with Crippen LogP contribution in [0.3, 0.4) is 0 Å². The van der Waals surface area contributed by atoms with Gasteiger partial charge in [-0.3, -0.25) is 0 Å². The van der Waals surface area contributed by atoms with Crippen LogP contribution in [0.5, 0.6) is 0 Å². The summed E-state index contributed by atoms with van der Waals surface area (Å²) in [5.74, 6) is 2.53. The van der Waals surface area contributed by atoms with Crippen molar-refractivity contribution in [1.82, 2.24) is 0 Å². The molecule has 5 aromatic rings. The van der Waals surface area contributed by atoms with Crippen LogP contribution in [0.4, 0.5) is 0 Å². The monoisotopic (exact) mass is 380 g/mol. The van der Waals surface area contributed by atoms with E-state index in [2.05, 4.69) is 91.4 Å². The van der Waals surface area contributed by atoms with E-state index in [0.717, 1.165) is 5.57 Å². The lowest BCUT2D eigenvalue weighted by molar-refractivity contribution is 1.72. The van der Waals surface area contributed by atoms with Gasteiger partial charge in [-0.1, -0.05) is 110 Å². The molecule has 0 heterocycles. The Kier molecular flexibility index (Phi) is 4.43. The van der Waals surface area contributed by atoms with Gasteiger partial charge in [-0.05, 0) is 60.3 Å². The molecule has 0 unspecified atom stereocenters. The van der Waals surface area contributed by atoms with Crippen LogP contribution in [-0.4, -0.2) is 0 Å². The first-order valence-electron chi connectivity index (χ1n) is 10.0. The van der Waals surface area contributed by atoms with Crippen LogP contribution in [0.25, 0.3) is 49.2 Å². The van der Waals surface area contributed by atoms with Crippen molar-refractivity contribution in [1.29, 1.82) is 0 Å². The molecule has 0 heteroatoms. The van der Waals surface area contributed by atoms with Crippen molar-refractivity contribution < 1.29 is 0 Å². The smallest absolute Gasteiger partial charge is 0.00204 e. The number of allylic oxidation sites excluding steroid dienone is 6. The van der Waals surface area contributed by atoms with Crippen LogP contribution in [0.1, 0.15) is 5.56 Å². The number of rotatable bonds is 4. The van der Waals surface area contributed by atoms with Crippen molar-refractivity contribution in [2.24, 2.45) is 0 Å². The SMILES string of the molecule is C#C/C=C(C=C)/C=C/C=C/c1ccc2c3cccc4cccc(c5cccc1c52)c43. The Morgan fingerprint density at radius 1 is 0.733 bits per heavy atom. The van der Waals surface area contributed by atoms with Gasteiger partial charge in [0, 0.05) is 0 Å². The first-order valence-corrected chi connectivity index (χ1v) is 10.0. The highest BCUT2D eigenvalue weighted by Crippen LogP contribution is 2.41. The van der Waals surface area contributed by atoms with Gasteiger partial charge in [-0.15, -0.1) is 6.42 Å². The number of hydrogen-bond acceptors (Lipinski definition) is 0. The average molecular weight is 380 g/mol. The van der Waals surface area contributed by atoms with Crippen LogP contribution < -0.4 is 0 Å². The molecule has 0 saturated carbocycles. The third-order valence-electron chi connectivity index (χ3n) is 5.72. The van der Waals surface area contributed by atoms with Crippen LogP contribution in [0.2, 0.25) is 0 Å². The summed E-state index contributed by atoms with van der Waals surface area (Å²) in [6.45, 7) is 3.79. The molecular weight excluding hydrogens is 360 g/mol. The molecule has 0 aromatic heterocycles. The minimum atomic E-state index is 0.920. The fraction of sp³-hybridized carbons (Fsp3) is 0. The Labute approximate surface area is 176 Å². The van der Waals surface area contributed by atoms with Gasteiger partial charge in [0.2, 0.25) is 0 Å². The van der Waals surface area contributed by atoms with Crippen molar-refractivity contribution in [2.45, 2.75) is 0 Å². The quantitative estimate of drug-likeness (QED) is 0.128. The van der Waals surface area contributed by atoms with Gasteiger partial charge in [-0.25, -0.2) is 0 Å². The van der Waals surface area contributed by atoms with E-state index in [0.29, 0.717) is 0 Å². The molecule has 0 fully saturated rings. The lowest BCUT2D eigenvalue weighted by atomic mass is 9.88. The van der Waals surface area contributed by atoms with Crippen LogP contribution in [-0.2, 0) is 0 Å². The second-order valence-electron chi connectivity index (χ2n) is 7.37. The molecule has 0 aliphatic rings. The predicted molar refractivity (Wildman–Crippen MR) is 133 cm³/mol. The molecule has 0 aliphatic heterocycles. The molecule has 0 N–H and O–H groups in total. The van der Waals surface area contributed by atoms with Crippen molar-refractivity contribution in [3.63, 3.8) is 0 Å². The maximum Gasteiger partial charge on any atom is -0.00204 e. The fourth-order valence-electron chi connectivity index (χ4n) is 4.41. The van der Waals surface area contributed by atoms with Crippen molar-refractivity contribution in [3.05, 3.63) is 115 Å². The number of hydrogen-bond donors (Lipinski definition) is 0. The van der Waals surface area contributed by atoms with Gasteiger partial charge in [0.25, 0.3) is 0 Å². The zero-order chi connectivity index (χ0) is 20.5. The second kappa shape index (κ2) is 7.39. The topological polar surface area (TPSA) is 0 Å². The van der Waals surface area contributed by atoms with Gasteiger partial charge >= 0.3 is 0 Å². The second-order valence-corrected chi connectivity index (χ2v) is 7.37. The summed E-state index contributed by atoms with van der Waals surface area (Å²) in [6, 6.07) is 24.3. The maximum absolute atomic E-state index is 5.34. The molecule has 5 rings (SSSR count). The zero-order valence-corrected chi connectivity index (χ0v) is 16.6. The van der Waals surface area contributed by atoms with Gasteiger partial charge in [-0.2, -0.15) is 0 Å². The molecule has 0 aliphatic carbocycles. The molecule has 0 bridgehead atoms. The summed E-state index contributed by atoms with van der Waals surface area (Å²) in [5.41, 5.74) is 2.12. The summed E-state index contributed by atoms with van der Waals surface area (Å²) in [6.07, 6.45) is 17.0. The van der Waals surface area contributed by atoms with Crippen molar-refractivity contribution in [2.75, 3.05) is 0 Å². The Morgan fingerprint density at radius 2 is 1.37 bits per heavy atom. The van der Waals surface area contributed by atoms with E-state index in [1.54, 1.807) is 12.2 Å². The minimum absolute atomic E-state index is 0.920. The lowest BCUT2D eigenvalue weighted by Gasteiger charge is -2.15. The van der Waals surface area contributed by atoms with Gasteiger partial charge in [0.05, 0.1) is 0 Å². The molecule has 140 valence electrons. The van der Waals surface area contributed by atoms with Crippen LogP contribution in [0.15, 0.2) is 109 Å². The molecule has 5 aromatic carbocycles. The number of benzene rings is 5. The zero-order valence-electron chi connectivity index (χ0n) is 16.6. The lowest BCUT2D eigenvalue weighted by Crippen LogP contribution is -1.88. The van der Waals surface area contributed by atoms with E-state index in [-0.39, 0.29) is 0 Å². The minimum Gasteiger partial charge on any atom is -0.115 e. The van der Waals surface area contributed by atoms with Crippen molar-refractivity contribution in [3.8, 4) is 12.3 Å². The molecule has 0 radical (unpaired) electrons. The summed E-state index contributed by atoms with van der Waals surface area (Å²) in [7, 11) is 0. The van der Waals surface area contributed by atoms with E-state index in [1.807, 2.05) is 12.2 Å². The van der Waals surface area contributed by atoms with Crippen molar-refractivity contribution >= 4 is 49.2 Å². The Hall–Kier alpha value is -4.08. The number of terminal acetylenes is 1. The standard InChI is InChI=1S/C30H20/c1-3-10-21(4-2)11-5-6-12-22-19-20-28-26-17-8-14-23-13-7-16-25(29(23)26)27-18-9-15-24(22)30(27)28/h1,4-20H,2H2/b11-5+,12-6+,21-10+. The molecule has 0 nitrogen and oxygen atoms in total. The summed E-state index contributed by atoms with van der Waals surface area (Å²) in [5, 5.41) is 10.5. The highest BCUT2D eigenvalue weighted by Gasteiger charge is 2.13. The van der Waals surface area contributed by atoms with E-state index < -0.39 is 0 Å². The van der Waals surface area contributed by atoms with Gasteiger partial charge < -0.3 is 0 Å². The largest absolute Gasteiger partial charge is 0.115 e. The van der Waals surface area contributed by atoms with E-state index in [1.165, 1.54) is 48.7 Å². The molecule has 0 saturated heterocycles. The first-order chi connectivity index (χ1) is 14.8. The summed E-state index contributed by atoms with van der Waals surface area (Å²) in [4.78, 5) is 0. The normalized spacial score (nSPS) is 12.7. The van der Waals surface area contributed by atoms with Gasteiger partial charge in [0.15, 0.2) is 0 Å². The molecule has 0 atom stereocenters. The molecule has 30 heavy (non-hydrogen) atoms. The third-order valence-corrected chi connectivity index (χ3v) is 5.72. The Morgan fingerprint density at radius 3 is 2.07 bits per heavy atom. The highest BCUT2D eigenvalue weighted by molar-refractivity contribution is 6.33.